The summed E-state index contributed by atoms with van der Waals surface area (Å²) in [7, 11) is 0. The van der Waals surface area contributed by atoms with Gasteiger partial charge in [0, 0.05) is 0 Å². The molecule has 0 saturated carbocycles. The summed E-state index contributed by atoms with van der Waals surface area (Å²) < 4.78 is 0. The molecule has 0 aliphatic carbocycles. The fraction of sp³-hybridized carbons (Fsp3) is 0. The van der Waals surface area contributed by atoms with E-state index < -0.39 is 0 Å². The normalized spacial score (nSPS) is 0. The van der Waals surface area contributed by atoms with Crippen LogP contribution < -0.4 is 0 Å². The van der Waals surface area contributed by atoms with Gasteiger partial charge in [-0.05, 0) is 0 Å². The molecule has 0 aliphatic rings. The van der Waals surface area contributed by atoms with Crippen molar-refractivity contribution in [2.45, 2.75) is 0 Å². The Kier molecular flexibility index (Phi) is 39400. The van der Waals surface area contributed by atoms with Gasteiger partial charge in [-0.3, -0.25) is 0 Å². The summed E-state index contributed by atoms with van der Waals surface area (Å²) in [6, 6.07) is 0. The first-order valence-electron chi connectivity index (χ1n) is 0. The van der Waals surface area contributed by atoms with Gasteiger partial charge in [0.15, 0.2) is 0 Å². The molecule has 0 atom stereocenters. The maximum atomic E-state index is 0. The first kappa shape index (κ1) is 775. The molecule has 0 aliphatic heterocycles. The Hall–Kier alpha value is 1.69. The smallest absolute Gasteiger partial charge is 2.00 e. The predicted octanol–water partition coefficient (Wildman–Crippen LogP) is -1.72. The topological polar surface area (TPSA) is 228 Å². The molecule has 12 heteroatoms. The van der Waals surface area contributed by atoms with E-state index in [9.17, 15) is 0 Å². The van der Waals surface area contributed by atoms with Crippen LogP contribution >= 0.6 is 0 Å². The summed E-state index contributed by atoms with van der Waals surface area (Å²) in [5.74, 6) is 0. The van der Waals surface area contributed by atoms with Crippen molar-refractivity contribution >= 4 is 21.9 Å². The molecule has 0 aromatic carbocycles. The Bertz CT molecular complexity index is 17.0. The molecule has 0 amide bonds. The van der Waals surface area contributed by atoms with Crippen LogP contribution in [-0.2, 0) is 91.1 Å². The Morgan fingerprint density at radius 1 is 0.333 bits per heavy atom. The molecular formula is MoO8Si2Zr. The third kappa shape index (κ3) is 470. The molecule has 0 spiro atoms. The van der Waals surface area contributed by atoms with Crippen molar-refractivity contribution in [1.29, 1.82) is 0 Å². The number of hydrogen-bond donors (Lipinski definition) is 0. The van der Waals surface area contributed by atoms with Crippen LogP contribution in [0.25, 0.3) is 0 Å². The van der Waals surface area contributed by atoms with Crippen molar-refractivity contribution in [3.05, 3.63) is 0 Å². The second-order valence-electron chi connectivity index (χ2n) is 0. The quantitative estimate of drug-likeness (QED) is 0.433. The minimum atomic E-state index is 0. The molecule has 12 heavy (non-hydrogen) atoms. The van der Waals surface area contributed by atoms with E-state index in [0.29, 0.717) is 0 Å². The zero-order chi connectivity index (χ0) is 0. The van der Waals surface area contributed by atoms with Gasteiger partial charge in [0.25, 0.3) is 0 Å². The van der Waals surface area contributed by atoms with Crippen LogP contribution in [0.2, 0.25) is 0 Å². The fourth-order valence-corrected chi connectivity index (χ4v) is 0. The molecule has 8 nitrogen and oxygen atoms in total. The van der Waals surface area contributed by atoms with E-state index in [0.717, 1.165) is 0 Å². The predicted molar refractivity (Wildman–Crippen MR) is 17.0 cm³/mol. The Morgan fingerprint density at radius 2 is 0.333 bits per heavy atom. The van der Waals surface area contributed by atoms with Crippen LogP contribution in [0.5, 0.6) is 0 Å². The van der Waals surface area contributed by atoms with Crippen LogP contribution in [0.15, 0.2) is 0 Å². The van der Waals surface area contributed by atoms with Crippen molar-refractivity contribution < 1.29 is 91.1 Å². The fourth-order valence-electron chi connectivity index (χ4n) is 0. The van der Waals surface area contributed by atoms with Crippen LogP contribution in [0.3, 0.4) is 0 Å². The van der Waals surface area contributed by atoms with Crippen molar-refractivity contribution in [1.82, 2.24) is 0 Å². The van der Waals surface area contributed by atoms with Gasteiger partial charge in [-0.25, -0.2) is 0 Å². The van der Waals surface area contributed by atoms with E-state index in [1.165, 1.54) is 0 Å². The van der Waals surface area contributed by atoms with Gasteiger partial charge in [0.2, 0.25) is 0 Å². The minimum Gasteiger partial charge on any atom is -2.00 e. The van der Waals surface area contributed by atoms with Gasteiger partial charge in [-0.2, -0.15) is 0 Å². The molecule has 0 fully saturated rings. The van der Waals surface area contributed by atoms with Crippen LogP contribution in [0.1, 0.15) is 0 Å². The Labute approximate surface area is 112 Å². The van der Waals surface area contributed by atoms with E-state index in [2.05, 4.69) is 0 Å². The van der Waals surface area contributed by atoms with Gasteiger partial charge in [0.05, 0.1) is 0 Å². The van der Waals surface area contributed by atoms with Crippen molar-refractivity contribution in [3.8, 4) is 0 Å². The number of hydrogen-bond acceptors (Lipinski definition) is 0. The molecule has 0 saturated heterocycles. The van der Waals surface area contributed by atoms with Gasteiger partial charge in [-0.15, -0.1) is 0 Å². The third-order valence-electron chi connectivity index (χ3n) is 0. The number of rotatable bonds is 0. The molecule has 66 valence electrons. The van der Waals surface area contributed by atoms with Gasteiger partial charge in [-0.1, -0.05) is 0 Å². The van der Waals surface area contributed by atoms with Gasteiger partial charge < -0.3 is 43.8 Å². The molecule has 0 aromatic heterocycles. The SMILES string of the molecule is [Mo+4].[O-2].[O-2].[O-2].[O-2].[O-2].[O-2].[O-2].[O-2].[Si+4].[Si+4].[Zr+4]. The maximum absolute atomic E-state index is 0. The summed E-state index contributed by atoms with van der Waals surface area (Å²) >= 11 is 0. The van der Waals surface area contributed by atoms with E-state index in [-0.39, 0.29) is 113 Å². The summed E-state index contributed by atoms with van der Waals surface area (Å²) in [6.45, 7) is 0. The Morgan fingerprint density at radius 3 is 0.333 bits per heavy atom. The molecule has 0 radical (unpaired) electrons. The van der Waals surface area contributed by atoms with E-state index in [1.807, 2.05) is 0 Å². The average molecular weight is 371 g/mol. The largest absolute Gasteiger partial charge is 4.00 e. The second kappa shape index (κ2) is 610. The summed E-state index contributed by atoms with van der Waals surface area (Å²) in [5.41, 5.74) is 0. The Balaban J connectivity index is 0. The minimum absolute atomic E-state index is 0. The van der Waals surface area contributed by atoms with Crippen LogP contribution in [0.4, 0.5) is 0 Å². The van der Waals surface area contributed by atoms with E-state index in [4.69, 9.17) is 0 Å². The summed E-state index contributed by atoms with van der Waals surface area (Å²) in [4.78, 5) is 0. The second-order valence-corrected chi connectivity index (χ2v) is 0. The first-order valence-corrected chi connectivity index (χ1v) is 0. The molecular weight excluding hydrogens is 371 g/mol. The van der Waals surface area contributed by atoms with Crippen LogP contribution in [-0.4, -0.2) is 21.9 Å². The van der Waals surface area contributed by atoms with Crippen molar-refractivity contribution in [3.63, 3.8) is 0 Å². The van der Waals surface area contributed by atoms with Crippen molar-refractivity contribution in [2.24, 2.45) is 0 Å². The van der Waals surface area contributed by atoms with Crippen LogP contribution in [0, 0.1) is 0 Å². The zero-order valence-electron chi connectivity index (χ0n) is 5.17. The zero-order valence-corrected chi connectivity index (χ0v) is 11.6. The molecule has 0 rings (SSSR count). The average Bonchev–Trinajstić information content (AvgIpc) is 0. The first-order chi connectivity index (χ1) is 0. The van der Waals surface area contributed by atoms with E-state index in [1.54, 1.807) is 0 Å². The van der Waals surface area contributed by atoms with Crippen molar-refractivity contribution in [2.75, 3.05) is 0 Å². The molecule has 0 N–H and O–H groups in total. The summed E-state index contributed by atoms with van der Waals surface area (Å²) in [5, 5.41) is 0. The standard InChI is InChI=1S/Mo.8O.2Si.Zr/q+4;8*-2;3*+4. The van der Waals surface area contributed by atoms with E-state index >= 15 is 0 Å². The van der Waals surface area contributed by atoms with Gasteiger partial charge in [0.1, 0.15) is 0 Å². The maximum Gasteiger partial charge on any atom is 4.00 e. The van der Waals surface area contributed by atoms with Gasteiger partial charge >= 0.3 is 69.2 Å². The monoisotopic (exact) mass is 372 g/mol. The molecule has 0 aromatic rings. The molecule has 0 unspecified atom stereocenters. The third-order valence-corrected chi connectivity index (χ3v) is 0. The molecule has 0 bridgehead atoms. The summed E-state index contributed by atoms with van der Waals surface area (Å²) in [6.07, 6.45) is 0. The molecule has 0 heterocycles.